The van der Waals surface area contributed by atoms with Crippen molar-refractivity contribution in [2.24, 2.45) is 0 Å². The number of anilines is 3. The van der Waals surface area contributed by atoms with Crippen molar-refractivity contribution < 1.29 is 0 Å². The molecule has 0 aliphatic carbocycles. The van der Waals surface area contributed by atoms with E-state index in [1.807, 2.05) is 11.3 Å². The third-order valence-corrected chi connectivity index (χ3v) is 14.6. The zero-order chi connectivity index (χ0) is 44.3. The minimum atomic E-state index is 1.09. The van der Waals surface area contributed by atoms with Crippen molar-refractivity contribution in [3.05, 3.63) is 255 Å². The molecule has 13 rings (SSSR count). The van der Waals surface area contributed by atoms with E-state index in [0.29, 0.717) is 0 Å². The number of hydrogen-bond acceptors (Lipinski definition) is 2. The van der Waals surface area contributed by atoms with Gasteiger partial charge in [0.05, 0.1) is 16.7 Å². The predicted molar refractivity (Wildman–Crippen MR) is 288 cm³/mol. The van der Waals surface area contributed by atoms with E-state index in [0.717, 1.165) is 22.7 Å². The van der Waals surface area contributed by atoms with Crippen LogP contribution in [0.5, 0.6) is 0 Å². The molecule has 0 saturated heterocycles. The molecular formula is C64H42N2S. The number of benzene rings is 11. The van der Waals surface area contributed by atoms with Crippen molar-refractivity contribution in [3.63, 3.8) is 0 Å². The number of hydrogen-bond donors (Lipinski definition) is 0. The first-order valence-corrected chi connectivity index (χ1v) is 23.7. The van der Waals surface area contributed by atoms with Gasteiger partial charge in [-0.2, -0.15) is 0 Å². The Kier molecular flexibility index (Phi) is 9.40. The molecular weight excluding hydrogens is 829 g/mol. The van der Waals surface area contributed by atoms with E-state index in [1.54, 1.807) is 0 Å². The lowest BCUT2D eigenvalue weighted by molar-refractivity contribution is 1.18. The maximum Gasteiger partial charge on any atom is 0.0555 e. The second-order valence-corrected chi connectivity index (χ2v) is 18.3. The zero-order valence-electron chi connectivity index (χ0n) is 36.6. The molecule has 2 nitrogen and oxygen atoms in total. The molecule has 2 aromatic heterocycles. The van der Waals surface area contributed by atoms with Crippen LogP contribution < -0.4 is 4.90 Å². The van der Waals surface area contributed by atoms with Crippen LogP contribution in [0, 0.1) is 0 Å². The molecule has 0 spiro atoms. The van der Waals surface area contributed by atoms with E-state index >= 15 is 0 Å². The Morgan fingerprint density at radius 1 is 0.328 bits per heavy atom. The van der Waals surface area contributed by atoms with Gasteiger partial charge in [-0.25, -0.2) is 0 Å². The summed E-state index contributed by atoms with van der Waals surface area (Å²) in [5, 5.41) is 7.52. The Morgan fingerprint density at radius 2 is 0.940 bits per heavy atom. The summed E-state index contributed by atoms with van der Waals surface area (Å²) in [5.74, 6) is 0. The maximum atomic E-state index is 2.47. The van der Waals surface area contributed by atoms with Gasteiger partial charge in [-0.15, -0.1) is 11.3 Å². The van der Waals surface area contributed by atoms with E-state index in [2.05, 4.69) is 264 Å². The molecule has 13 aromatic rings. The Bertz CT molecular complexity index is 3960. The Hall–Kier alpha value is -8.50. The number of nitrogens with zero attached hydrogens (tertiary/aromatic N) is 2. The van der Waals surface area contributed by atoms with Crippen molar-refractivity contribution >= 4 is 81.1 Å². The summed E-state index contributed by atoms with van der Waals surface area (Å²) in [6, 6.07) is 93.1. The van der Waals surface area contributed by atoms with Gasteiger partial charge in [0.15, 0.2) is 0 Å². The fraction of sp³-hybridized carbons (Fsp3) is 0. The van der Waals surface area contributed by atoms with Crippen molar-refractivity contribution in [3.8, 4) is 50.2 Å². The van der Waals surface area contributed by atoms with Crippen LogP contribution >= 0.6 is 11.3 Å². The highest BCUT2D eigenvalue weighted by Crippen LogP contribution is 2.49. The molecule has 0 aliphatic rings. The standard InChI is InChI=1S/C64H42N2S/c1-3-16-47(17-4-1)55-39-40-60(63-57-24-10-12-28-61(57)67-64(55)63)65(52-37-35-45(36-38-52)44-29-31-46(32-30-44)49-34-33-43-15-7-8-18-48(43)41-49)53-22-13-19-50(42-53)54-25-14-27-59-62(54)56-23-9-11-26-58(56)66(59)51-20-5-2-6-21-51/h1-42H. The number of fused-ring (bicyclic) bond motifs is 7. The molecule has 0 unspecified atom stereocenters. The fourth-order valence-electron chi connectivity index (χ4n) is 10.2. The lowest BCUT2D eigenvalue weighted by atomic mass is 9.97. The summed E-state index contributed by atoms with van der Waals surface area (Å²) in [6.45, 7) is 0. The first kappa shape index (κ1) is 38.9. The molecule has 314 valence electrons. The minimum absolute atomic E-state index is 1.09. The van der Waals surface area contributed by atoms with Crippen LogP contribution in [-0.2, 0) is 0 Å². The molecule has 67 heavy (non-hydrogen) atoms. The second kappa shape index (κ2) is 16.2. The van der Waals surface area contributed by atoms with Crippen LogP contribution in [0.1, 0.15) is 0 Å². The average Bonchev–Trinajstić information content (AvgIpc) is 3.96. The van der Waals surface area contributed by atoms with Gasteiger partial charge in [0.1, 0.15) is 0 Å². The topological polar surface area (TPSA) is 8.17 Å². The minimum Gasteiger partial charge on any atom is -0.310 e. The van der Waals surface area contributed by atoms with Crippen LogP contribution in [0.25, 0.3) is 103 Å². The first-order chi connectivity index (χ1) is 33.2. The van der Waals surface area contributed by atoms with Gasteiger partial charge in [0, 0.05) is 48.0 Å². The van der Waals surface area contributed by atoms with Crippen molar-refractivity contribution in [1.29, 1.82) is 0 Å². The molecule has 2 heterocycles. The Labute approximate surface area is 393 Å². The first-order valence-electron chi connectivity index (χ1n) is 22.9. The van der Waals surface area contributed by atoms with Crippen LogP contribution in [0.2, 0.25) is 0 Å². The lowest BCUT2D eigenvalue weighted by Gasteiger charge is -2.28. The van der Waals surface area contributed by atoms with Crippen LogP contribution in [0.15, 0.2) is 255 Å². The summed E-state index contributed by atoms with van der Waals surface area (Å²) >= 11 is 1.88. The van der Waals surface area contributed by atoms with Gasteiger partial charge in [-0.05, 0) is 122 Å². The van der Waals surface area contributed by atoms with Gasteiger partial charge < -0.3 is 9.47 Å². The monoisotopic (exact) mass is 870 g/mol. The fourth-order valence-corrected chi connectivity index (χ4v) is 11.5. The molecule has 0 atom stereocenters. The van der Waals surface area contributed by atoms with E-state index in [1.165, 1.54) is 97.3 Å². The third kappa shape index (κ3) is 6.71. The highest BCUT2D eigenvalue weighted by atomic mass is 32.1. The third-order valence-electron chi connectivity index (χ3n) is 13.4. The summed E-state index contributed by atoms with van der Waals surface area (Å²) in [4.78, 5) is 2.47. The molecule has 3 heteroatoms. The molecule has 0 aliphatic heterocycles. The summed E-state index contributed by atoms with van der Waals surface area (Å²) in [5.41, 5.74) is 16.5. The van der Waals surface area contributed by atoms with E-state index in [4.69, 9.17) is 0 Å². The van der Waals surface area contributed by atoms with Crippen LogP contribution in [0.4, 0.5) is 17.1 Å². The lowest BCUT2D eigenvalue weighted by Crippen LogP contribution is -2.10. The average molecular weight is 871 g/mol. The number of thiophene rings is 1. The smallest absolute Gasteiger partial charge is 0.0555 e. The highest BCUT2D eigenvalue weighted by molar-refractivity contribution is 7.26. The summed E-state index contributed by atoms with van der Waals surface area (Å²) < 4.78 is 4.96. The van der Waals surface area contributed by atoms with Gasteiger partial charge in [-0.3, -0.25) is 0 Å². The molecule has 0 bridgehead atoms. The second-order valence-electron chi connectivity index (χ2n) is 17.3. The number of para-hydroxylation sites is 2. The van der Waals surface area contributed by atoms with Crippen LogP contribution in [0.3, 0.4) is 0 Å². The quantitative estimate of drug-likeness (QED) is 0.148. The number of aromatic nitrogens is 1. The summed E-state index contributed by atoms with van der Waals surface area (Å²) in [6.07, 6.45) is 0. The van der Waals surface area contributed by atoms with Gasteiger partial charge in [0.25, 0.3) is 0 Å². The van der Waals surface area contributed by atoms with Crippen molar-refractivity contribution in [2.75, 3.05) is 4.90 Å². The number of rotatable bonds is 8. The predicted octanol–water partition coefficient (Wildman–Crippen LogP) is 18.4. The zero-order valence-corrected chi connectivity index (χ0v) is 37.4. The van der Waals surface area contributed by atoms with Crippen LogP contribution in [-0.4, -0.2) is 4.57 Å². The van der Waals surface area contributed by atoms with E-state index in [9.17, 15) is 0 Å². The molecule has 11 aromatic carbocycles. The molecule has 0 radical (unpaired) electrons. The summed E-state index contributed by atoms with van der Waals surface area (Å²) in [7, 11) is 0. The molecule has 0 fully saturated rings. The molecule has 0 saturated carbocycles. The largest absolute Gasteiger partial charge is 0.310 e. The van der Waals surface area contributed by atoms with E-state index < -0.39 is 0 Å². The normalized spacial score (nSPS) is 11.6. The Morgan fingerprint density at radius 3 is 1.75 bits per heavy atom. The van der Waals surface area contributed by atoms with Gasteiger partial charge >= 0.3 is 0 Å². The van der Waals surface area contributed by atoms with Crippen molar-refractivity contribution in [2.45, 2.75) is 0 Å². The van der Waals surface area contributed by atoms with Crippen molar-refractivity contribution in [1.82, 2.24) is 4.57 Å². The highest BCUT2D eigenvalue weighted by Gasteiger charge is 2.23. The van der Waals surface area contributed by atoms with E-state index in [-0.39, 0.29) is 0 Å². The van der Waals surface area contributed by atoms with Gasteiger partial charge in [0.2, 0.25) is 0 Å². The molecule has 0 amide bonds. The molecule has 0 N–H and O–H groups in total. The van der Waals surface area contributed by atoms with Gasteiger partial charge in [-0.1, -0.05) is 188 Å². The SMILES string of the molecule is c1ccc(-c2ccc(N(c3ccc(-c4ccc(-c5ccc6ccccc6c5)cc4)cc3)c3cccc(-c4cccc5c4c4ccccc4n5-c4ccccc4)c3)c3c2sc2ccccc23)cc1. The maximum absolute atomic E-state index is 2.47. The Balaban J connectivity index is 0.973.